The Hall–Kier alpha value is -1.41. The molecule has 0 radical (unpaired) electrons. The van der Waals surface area contributed by atoms with Crippen molar-refractivity contribution in [3.63, 3.8) is 0 Å². The zero-order valence-corrected chi connectivity index (χ0v) is 13.8. The van der Waals surface area contributed by atoms with Crippen molar-refractivity contribution in [1.82, 2.24) is 9.88 Å². The number of nitriles is 1. The molecule has 1 aromatic heterocycles. The van der Waals surface area contributed by atoms with Crippen LogP contribution in [0.5, 0.6) is 0 Å². The Morgan fingerprint density at radius 3 is 2.81 bits per heavy atom. The molecule has 0 amide bonds. The van der Waals surface area contributed by atoms with E-state index in [4.69, 9.17) is 16.9 Å². The minimum Gasteiger partial charge on any atom is -0.294 e. The van der Waals surface area contributed by atoms with Crippen molar-refractivity contribution in [3.05, 3.63) is 63.3 Å². The summed E-state index contributed by atoms with van der Waals surface area (Å²) in [4.78, 5) is 6.33. The SMILES string of the molecule is N#CCCN(Cc1cccnc1)Cc1ccc(Br)cc1Cl. The second kappa shape index (κ2) is 8.14. The molecule has 0 spiro atoms. The van der Waals surface area contributed by atoms with Crippen LogP contribution in [-0.2, 0) is 13.1 Å². The summed E-state index contributed by atoms with van der Waals surface area (Å²) in [5.41, 5.74) is 2.19. The average Bonchev–Trinajstić information content (AvgIpc) is 2.48. The minimum absolute atomic E-state index is 0.494. The van der Waals surface area contributed by atoms with Gasteiger partial charge < -0.3 is 0 Å². The normalized spacial score (nSPS) is 10.6. The molecule has 0 aliphatic heterocycles. The zero-order valence-electron chi connectivity index (χ0n) is 11.5. The van der Waals surface area contributed by atoms with Crippen LogP contribution in [0.15, 0.2) is 47.2 Å². The van der Waals surface area contributed by atoms with Gasteiger partial charge in [-0.15, -0.1) is 0 Å². The van der Waals surface area contributed by atoms with Gasteiger partial charge in [-0.2, -0.15) is 5.26 Å². The van der Waals surface area contributed by atoms with E-state index in [0.717, 1.165) is 27.2 Å². The molecule has 0 unspecified atom stereocenters. The van der Waals surface area contributed by atoms with Crippen LogP contribution in [-0.4, -0.2) is 16.4 Å². The van der Waals surface area contributed by atoms with Gasteiger partial charge in [0.15, 0.2) is 0 Å². The fourth-order valence-corrected chi connectivity index (χ4v) is 2.80. The van der Waals surface area contributed by atoms with E-state index in [-0.39, 0.29) is 0 Å². The Morgan fingerprint density at radius 2 is 2.14 bits per heavy atom. The summed E-state index contributed by atoms with van der Waals surface area (Å²) < 4.78 is 0.965. The van der Waals surface area contributed by atoms with Crippen LogP contribution < -0.4 is 0 Å². The van der Waals surface area contributed by atoms with Crippen molar-refractivity contribution in [2.75, 3.05) is 6.54 Å². The second-order valence-electron chi connectivity index (χ2n) is 4.72. The predicted octanol–water partition coefficient (Wildman–Crippen LogP) is 4.41. The fourth-order valence-electron chi connectivity index (χ4n) is 2.06. The number of rotatable bonds is 6. The summed E-state index contributed by atoms with van der Waals surface area (Å²) in [6.07, 6.45) is 4.10. The molecule has 21 heavy (non-hydrogen) atoms. The van der Waals surface area contributed by atoms with E-state index in [1.807, 2.05) is 36.5 Å². The predicted molar refractivity (Wildman–Crippen MR) is 87.7 cm³/mol. The summed E-state index contributed by atoms with van der Waals surface area (Å²) in [6.45, 7) is 2.17. The van der Waals surface area contributed by atoms with E-state index in [2.05, 4.69) is 31.9 Å². The van der Waals surface area contributed by atoms with E-state index >= 15 is 0 Å². The Balaban J connectivity index is 2.10. The van der Waals surface area contributed by atoms with Crippen LogP contribution in [0.2, 0.25) is 5.02 Å². The van der Waals surface area contributed by atoms with Crippen LogP contribution in [0, 0.1) is 11.3 Å². The third-order valence-electron chi connectivity index (χ3n) is 3.08. The zero-order chi connectivity index (χ0) is 15.1. The lowest BCUT2D eigenvalue weighted by atomic mass is 10.2. The molecule has 0 saturated carbocycles. The molecular formula is C16H15BrClN3. The van der Waals surface area contributed by atoms with Crippen LogP contribution in [0.3, 0.4) is 0 Å². The van der Waals surface area contributed by atoms with Crippen LogP contribution in [0.25, 0.3) is 0 Å². The number of halogens is 2. The maximum absolute atomic E-state index is 8.82. The van der Waals surface area contributed by atoms with Gasteiger partial charge in [0.05, 0.1) is 6.07 Å². The Labute approximate surface area is 138 Å². The highest BCUT2D eigenvalue weighted by atomic mass is 79.9. The molecule has 0 atom stereocenters. The first kappa shape index (κ1) is 16.0. The number of nitrogens with zero attached hydrogens (tertiary/aromatic N) is 3. The second-order valence-corrected chi connectivity index (χ2v) is 6.04. The first-order chi connectivity index (χ1) is 10.2. The van der Waals surface area contributed by atoms with Crippen LogP contribution in [0.1, 0.15) is 17.5 Å². The van der Waals surface area contributed by atoms with E-state index in [1.165, 1.54) is 0 Å². The van der Waals surface area contributed by atoms with Crippen molar-refractivity contribution >= 4 is 27.5 Å². The van der Waals surface area contributed by atoms with Gasteiger partial charge in [-0.3, -0.25) is 9.88 Å². The Morgan fingerprint density at radius 1 is 1.29 bits per heavy atom. The number of hydrogen-bond donors (Lipinski definition) is 0. The summed E-state index contributed by atoms with van der Waals surface area (Å²) in [7, 11) is 0. The summed E-state index contributed by atoms with van der Waals surface area (Å²) in [5, 5.41) is 9.55. The van der Waals surface area contributed by atoms with Gasteiger partial charge in [0.2, 0.25) is 0 Å². The summed E-state index contributed by atoms with van der Waals surface area (Å²) in [5.74, 6) is 0. The monoisotopic (exact) mass is 363 g/mol. The molecule has 1 aromatic carbocycles. The quantitative estimate of drug-likeness (QED) is 0.762. The van der Waals surface area contributed by atoms with E-state index in [9.17, 15) is 0 Å². The number of pyridine rings is 1. The van der Waals surface area contributed by atoms with Gasteiger partial charge in [0.1, 0.15) is 0 Å². The molecule has 2 aromatic rings. The largest absolute Gasteiger partial charge is 0.294 e. The van der Waals surface area contributed by atoms with E-state index < -0.39 is 0 Å². The van der Waals surface area contributed by atoms with Crippen molar-refractivity contribution in [3.8, 4) is 6.07 Å². The number of hydrogen-bond acceptors (Lipinski definition) is 3. The highest BCUT2D eigenvalue weighted by Crippen LogP contribution is 2.23. The van der Waals surface area contributed by atoms with Crippen molar-refractivity contribution in [2.45, 2.75) is 19.5 Å². The van der Waals surface area contributed by atoms with Gasteiger partial charge in [0, 0.05) is 47.9 Å². The molecule has 108 valence electrons. The van der Waals surface area contributed by atoms with Crippen LogP contribution in [0.4, 0.5) is 0 Å². The molecule has 0 aliphatic carbocycles. The smallest absolute Gasteiger partial charge is 0.0635 e. The molecule has 5 heteroatoms. The third kappa shape index (κ3) is 5.13. The molecule has 0 aliphatic rings. The van der Waals surface area contributed by atoms with Gasteiger partial charge in [-0.25, -0.2) is 0 Å². The van der Waals surface area contributed by atoms with E-state index in [1.54, 1.807) is 6.20 Å². The lowest BCUT2D eigenvalue weighted by Gasteiger charge is -2.22. The van der Waals surface area contributed by atoms with Gasteiger partial charge in [0.25, 0.3) is 0 Å². The van der Waals surface area contributed by atoms with Gasteiger partial charge in [-0.1, -0.05) is 39.7 Å². The molecule has 0 fully saturated rings. The Kier molecular flexibility index (Phi) is 6.19. The molecule has 3 nitrogen and oxygen atoms in total. The first-order valence-electron chi connectivity index (χ1n) is 6.61. The Bertz CT molecular complexity index is 625. The first-order valence-corrected chi connectivity index (χ1v) is 7.78. The van der Waals surface area contributed by atoms with Gasteiger partial charge >= 0.3 is 0 Å². The standard InChI is InChI=1S/C16H15BrClN3/c17-15-5-4-14(16(18)9-15)12-21(8-2-6-19)11-13-3-1-7-20-10-13/h1,3-5,7,9-10H,2,8,11-12H2. The maximum atomic E-state index is 8.82. The molecule has 0 N–H and O–H groups in total. The summed E-state index contributed by atoms with van der Waals surface area (Å²) in [6, 6.07) is 12.0. The fraction of sp³-hybridized carbons (Fsp3) is 0.250. The highest BCUT2D eigenvalue weighted by molar-refractivity contribution is 9.10. The lowest BCUT2D eigenvalue weighted by Crippen LogP contribution is -2.24. The number of benzene rings is 1. The molecular weight excluding hydrogens is 350 g/mol. The third-order valence-corrected chi connectivity index (χ3v) is 3.92. The maximum Gasteiger partial charge on any atom is 0.0635 e. The van der Waals surface area contributed by atoms with Gasteiger partial charge in [-0.05, 0) is 29.3 Å². The summed E-state index contributed by atoms with van der Waals surface area (Å²) >= 11 is 9.69. The molecule has 0 bridgehead atoms. The lowest BCUT2D eigenvalue weighted by molar-refractivity contribution is 0.262. The van der Waals surface area contributed by atoms with Crippen molar-refractivity contribution < 1.29 is 0 Å². The number of aromatic nitrogens is 1. The topological polar surface area (TPSA) is 39.9 Å². The van der Waals surface area contributed by atoms with Crippen molar-refractivity contribution in [2.24, 2.45) is 0 Å². The van der Waals surface area contributed by atoms with Crippen molar-refractivity contribution in [1.29, 1.82) is 5.26 Å². The van der Waals surface area contributed by atoms with E-state index in [0.29, 0.717) is 19.5 Å². The average molecular weight is 365 g/mol. The minimum atomic E-state index is 0.494. The molecule has 0 saturated heterocycles. The molecule has 1 heterocycles. The highest BCUT2D eigenvalue weighted by Gasteiger charge is 2.10. The van der Waals surface area contributed by atoms with Crippen LogP contribution >= 0.6 is 27.5 Å². The molecule has 2 rings (SSSR count).